The van der Waals surface area contributed by atoms with Crippen molar-refractivity contribution in [2.75, 3.05) is 27.2 Å². The van der Waals surface area contributed by atoms with Crippen molar-refractivity contribution in [3.05, 3.63) is 108 Å². The fraction of sp³-hybridized carbons (Fsp3) is 0.138. The summed E-state index contributed by atoms with van der Waals surface area (Å²) in [6.45, 7) is 2.04. The first-order valence-corrected chi connectivity index (χ1v) is 11.3. The van der Waals surface area contributed by atoms with Gasteiger partial charge in [0.25, 0.3) is 5.84 Å². The van der Waals surface area contributed by atoms with Crippen molar-refractivity contribution in [2.24, 2.45) is 0 Å². The average Bonchev–Trinajstić information content (AvgIpc) is 3.17. The minimum absolute atomic E-state index is 0.752. The topological polar surface area (TPSA) is 6.25 Å². The van der Waals surface area contributed by atoms with E-state index >= 15 is 0 Å². The molecular formula is C29H26ClN2+. The third-order valence-corrected chi connectivity index (χ3v) is 6.46. The summed E-state index contributed by atoms with van der Waals surface area (Å²) in [5.41, 5.74) is 8.55. The summed E-state index contributed by atoms with van der Waals surface area (Å²) in [4.78, 5) is 2.37. The molecule has 0 amide bonds. The number of nitrogens with zero attached hydrogens (tertiary/aromatic N) is 2. The van der Waals surface area contributed by atoms with Gasteiger partial charge in [0.05, 0.1) is 19.7 Å². The molecule has 0 aliphatic carbocycles. The van der Waals surface area contributed by atoms with E-state index in [0.29, 0.717) is 0 Å². The van der Waals surface area contributed by atoms with Crippen molar-refractivity contribution < 1.29 is 4.58 Å². The fourth-order valence-electron chi connectivity index (χ4n) is 4.57. The van der Waals surface area contributed by atoms with Crippen molar-refractivity contribution in [1.82, 2.24) is 4.90 Å². The number of halogens is 1. The van der Waals surface area contributed by atoms with E-state index in [4.69, 9.17) is 11.6 Å². The zero-order chi connectivity index (χ0) is 22.1. The lowest BCUT2D eigenvalue weighted by Gasteiger charge is -2.19. The van der Waals surface area contributed by atoms with Crippen LogP contribution in [0.25, 0.3) is 33.4 Å². The van der Waals surface area contributed by atoms with Crippen LogP contribution in [0, 0.1) is 0 Å². The molecule has 3 heteroatoms. The molecule has 158 valence electrons. The number of hydrogen-bond acceptors (Lipinski definition) is 1. The molecule has 5 rings (SSSR count). The molecule has 1 aliphatic rings. The molecule has 4 aromatic carbocycles. The van der Waals surface area contributed by atoms with E-state index in [1.165, 1.54) is 39.2 Å². The first-order valence-electron chi connectivity index (χ1n) is 11.0. The van der Waals surface area contributed by atoms with Gasteiger partial charge < -0.3 is 0 Å². The number of likely N-dealkylation sites (N-methyl/N-ethyl adjacent to an activating group) is 2. The average molecular weight is 438 g/mol. The highest BCUT2D eigenvalue weighted by atomic mass is 35.5. The van der Waals surface area contributed by atoms with Crippen molar-refractivity contribution in [1.29, 1.82) is 0 Å². The van der Waals surface area contributed by atoms with Gasteiger partial charge in [-0.05, 0) is 57.6 Å². The van der Waals surface area contributed by atoms with Crippen LogP contribution in [0.15, 0.2) is 97.1 Å². The third kappa shape index (κ3) is 3.83. The Morgan fingerprint density at radius 2 is 1.22 bits per heavy atom. The lowest BCUT2D eigenvalue weighted by atomic mass is 9.87. The molecule has 0 spiro atoms. The highest BCUT2D eigenvalue weighted by molar-refractivity contribution is 6.30. The van der Waals surface area contributed by atoms with E-state index in [0.717, 1.165) is 23.7 Å². The highest BCUT2D eigenvalue weighted by Gasteiger charge is 2.32. The highest BCUT2D eigenvalue weighted by Crippen LogP contribution is 2.38. The molecule has 0 bridgehead atoms. The summed E-state index contributed by atoms with van der Waals surface area (Å²) in [5.74, 6) is 1.27. The molecule has 1 aliphatic heterocycles. The Hall–Kier alpha value is -3.36. The van der Waals surface area contributed by atoms with Crippen LogP contribution in [0.2, 0.25) is 5.02 Å². The molecule has 0 fully saturated rings. The minimum Gasteiger partial charge on any atom is -0.260 e. The second-order valence-corrected chi connectivity index (χ2v) is 8.79. The Bertz CT molecular complexity index is 1220. The minimum atomic E-state index is 0.752. The monoisotopic (exact) mass is 437 g/mol. The van der Waals surface area contributed by atoms with Crippen LogP contribution in [0.1, 0.15) is 5.56 Å². The first kappa shape index (κ1) is 20.5. The van der Waals surface area contributed by atoms with Gasteiger partial charge in [0.15, 0.2) is 0 Å². The second-order valence-electron chi connectivity index (χ2n) is 8.35. The van der Waals surface area contributed by atoms with E-state index in [1.807, 2.05) is 12.1 Å². The van der Waals surface area contributed by atoms with Crippen LogP contribution in [-0.4, -0.2) is 42.5 Å². The normalized spacial score (nSPS) is 13.7. The summed E-state index contributed by atoms with van der Waals surface area (Å²) in [7, 11) is 4.38. The molecule has 0 atom stereocenters. The van der Waals surface area contributed by atoms with Crippen molar-refractivity contribution in [3.8, 4) is 33.4 Å². The fourth-order valence-corrected chi connectivity index (χ4v) is 4.69. The van der Waals surface area contributed by atoms with Crippen molar-refractivity contribution >= 4 is 17.4 Å². The van der Waals surface area contributed by atoms with E-state index < -0.39 is 0 Å². The van der Waals surface area contributed by atoms with Gasteiger partial charge in [-0.1, -0.05) is 84.4 Å². The Morgan fingerprint density at radius 3 is 1.69 bits per heavy atom. The van der Waals surface area contributed by atoms with E-state index in [2.05, 4.69) is 108 Å². The van der Waals surface area contributed by atoms with Gasteiger partial charge in [0.1, 0.15) is 13.1 Å². The maximum Gasteiger partial charge on any atom is 0.280 e. The molecular weight excluding hydrogens is 412 g/mol. The maximum absolute atomic E-state index is 6.18. The first-order chi connectivity index (χ1) is 15.6. The van der Waals surface area contributed by atoms with Crippen LogP contribution < -0.4 is 0 Å². The Labute approximate surface area is 195 Å². The summed E-state index contributed by atoms with van der Waals surface area (Å²) < 4.78 is 2.37. The zero-order valence-corrected chi connectivity index (χ0v) is 19.2. The van der Waals surface area contributed by atoms with E-state index in [1.54, 1.807) is 0 Å². The second kappa shape index (κ2) is 8.64. The van der Waals surface area contributed by atoms with Crippen LogP contribution in [0.5, 0.6) is 0 Å². The van der Waals surface area contributed by atoms with Gasteiger partial charge in [-0.2, -0.15) is 0 Å². The third-order valence-electron chi connectivity index (χ3n) is 6.20. The smallest absolute Gasteiger partial charge is 0.260 e. The summed E-state index contributed by atoms with van der Waals surface area (Å²) in [6, 6.07) is 34.2. The maximum atomic E-state index is 6.18. The van der Waals surface area contributed by atoms with E-state index in [-0.39, 0.29) is 0 Å². The molecule has 2 nitrogen and oxygen atoms in total. The van der Waals surface area contributed by atoms with Crippen LogP contribution in [-0.2, 0) is 0 Å². The molecule has 32 heavy (non-hydrogen) atoms. The SMILES string of the molecule is CN1CC[N+](C)=C1c1c(-c2ccccc2)cc(-c2ccc(Cl)cc2)cc1-c1ccccc1. The molecule has 0 radical (unpaired) electrons. The number of benzene rings is 4. The molecule has 0 unspecified atom stereocenters. The lowest BCUT2D eigenvalue weighted by molar-refractivity contribution is -0.486. The van der Waals surface area contributed by atoms with E-state index in [9.17, 15) is 0 Å². The van der Waals surface area contributed by atoms with Gasteiger partial charge in [-0.3, -0.25) is 9.48 Å². The van der Waals surface area contributed by atoms with Gasteiger partial charge >= 0.3 is 0 Å². The lowest BCUT2D eigenvalue weighted by Crippen LogP contribution is -2.27. The van der Waals surface area contributed by atoms with Crippen LogP contribution >= 0.6 is 11.6 Å². The Morgan fingerprint density at radius 1 is 0.688 bits per heavy atom. The Balaban J connectivity index is 1.87. The summed E-state index contributed by atoms with van der Waals surface area (Å²) >= 11 is 6.18. The summed E-state index contributed by atoms with van der Waals surface area (Å²) in [5, 5.41) is 0.752. The van der Waals surface area contributed by atoms with Crippen molar-refractivity contribution in [3.63, 3.8) is 0 Å². The quantitative estimate of drug-likeness (QED) is 0.323. The number of hydrogen-bond donors (Lipinski definition) is 0. The molecule has 0 aromatic heterocycles. The molecule has 0 saturated heterocycles. The largest absolute Gasteiger partial charge is 0.280 e. The predicted molar refractivity (Wildman–Crippen MR) is 136 cm³/mol. The molecule has 1 heterocycles. The number of amidine groups is 1. The Kier molecular flexibility index (Phi) is 5.55. The van der Waals surface area contributed by atoms with Gasteiger partial charge in [-0.25, -0.2) is 0 Å². The standard InChI is InChI=1S/C29H26ClN2/c1-31-17-18-32(2)29(31)28-26(22-9-5-3-6-10-22)19-24(21-13-15-25(30)16-14-21)20-27(28)23-11-7-4-8-12-23/h3-16,19-20H,17-18H2,1-2H3/q+1. The molecule has 0 N–H and O–H groups in total. The zero-order valence-electron chi connectivity index (χ0n) is 18.4. The predicted octanol–water partition coefficient (Wildman–Crippen LogP) is 6.68. The van der Waals surface area contributed by atoms with Crippen molar-refractivity contribution in [2.45, 2.75) is 0 Å². The number of rotatable bonds is 4. The van der Waals surface area contributed by atoms with Gasteiger partial charge in [0.2, 0.25) is 0 Å². The summed E-state index contributed by atoms with van der Waals surface area (Å²) in [6.07, 6.45) is 0. The van der Waals surface area contributed by atoms with Gasteiger partial charge in [-0.15, -0.1) is 0 Å². The molecule has 4 aromatic rings. The van der Waals surface area contributed by atoms with Gasteiger partial charge in [0, 0.05) is 5.02 Å². The van der Waals surface area contributed by atoms with Crippen LogP contribution in [0.4, 0.5) is 0 Å². The van der Waals surface area contributed by atoms with Crippen LogP contribution in [0.3, 0.4) is 0 Å². The molecule has 0 saturated carbocycles.